The van der Waals surface area contributed by atoms with E-state index < -0.39 is 36.4 Å². The molecular weight excluding hydrogens is 258 g/mol. The molecule has 0 aromatic heterocycles. The van der Waals surface area contributed by atoms with Crippen LogP contribution >= 0.6 is 0 Å². The summed E-state index contributed by atoms with van der Waals surface area (Å²) in [6.45, 7) is 6.39. The van der Waals surface area contributed by atoms with Crippen molar-refractivity contribution >= 4 is 17.9 Å². The third kappa shape index (κ3) is 12.6. The van der Waals surface area contributed by atoms with E-state index >= 15 is 0 Å². The van der Waals surface area contributed by atoms with Crippen molar-refractivity contribution in [2.24, 2.45) is 0 Å². The standard InChI is InChI=1S/C6H8O7.C4H11N.CH4/c7-3(8)1-6(13,5(11)12)2-4(9)10;1-3-5-4-2;/h13H,1-2H2,(H,7,8)(H,9,10)(H,11,12);5H,3-4H2,1-2H3;1H4. The molecule has 0 bridgehead atoms. The van der Waals surface area contributed by atoms with Crippen molar-refractivity contribution in [1.82, 2.24) is 5.32 Å². The van der Waals surface area contributed by atoms with Gasteiger partial charge in [-0.15, -0.1) is 0 Å². The highest BCUT2D eigenvalue weighted by Gasteiger charge is 2.40. The molecule has 0 aromatic rings. The lowest BCUT2D eigenvalue weighted by Crippen LogP contribution is -2.42. The molecule has 0 saturated heterocycles. The average Bonchev–Trinajstić information content (AvgIpc) is 2.16. The largest absolute Gasteiger partial charge is 0.481 e. The van der Waals surface area contributed by atoms with Gasteiger partial charge in [-0.1, -0.05) is 21.3 Å². The van der Waals surface area contributed by atoms with Crippen LogP contribution < -0.4 is 5.32 Å². The number of nitrogens with one attached hydrogen (secondary N) is 1. The van der Waals surface area contributed by atoms with Crippen molar-refractivity contribution < 1.29 is 34.8 Å². The van der Waals surface area contributed by atoms with E-state index in [-0.39, 0.29) is 7.43 Å². The zero-order chi connectivity index (χ0) is 14.8. The maximum absolute atomic E-state index is 10.3. The minimum Gasteiger partial charge on any atom is -0.481 e. The number of rotatable bonds is 7. The fourth-order valence-electron chi connectivity index (χ4n) is 0.964. The molecular formula is C11H23NO7. The quantitative estimate of drug-likeness (QED) is 0.438. The van der Waals surface area contributed by atoms with E-state index in [2.05, 4.69) is 19.2 Å². The van der Waals surface area contributed by atoms with Gasteiger partial charge < -0.3 is 25.7 Å². The molecule has 8 nitrogen and oxygen atoms in total. The van der Waals surface area contributed by atoms with E-state index in [1.165, 1.54) is 0 Å². The van der Waals surface area contributed by atoms with Crippen LogP contribution in [-0.2, 0) is 14.4 Å². The van der Waals surface area contributed by atoms with Crippen LogP contribution in [0.25, 0.3) is 0 Å². The molecule has 0 spiro atoms. The fraction of sp³-hybridized carbons (Fsp3) is 0.727. The summed E-state index contributed by atoms with van der Waals surface area (Å²) < 4.78 is 0. The third-order valence-corrected chi connectivity index (χ3v) is 1.79. The van der Waals surface area contributed by atoms with E-state index in [9.17, 15) is 14.4 Å². The molecule has 0 saturated carbocycles. The number of carboxylic acids is 3. The van der Waals surface area contributed by atoms with E-state index in [1.807, 2.05) is 0 Å². The van der Waals surface area contributed by atoms with Crippen LogP contribution in [0, 0.1) is 0 Å². The molecule has 0 heterocycles. The van der Waals surface area contributed by atoms with Crippen LogP contribution in [0.2, 0.25) is 0 Å². The van der Waals surface area contributed by atoms with Crippen molar-refractivity contribution in [3.63, 3.8) is 0 Å². The van der Waals surface area contributed by atoms with Crippen molar-refractivity contribution in [3.8, 4) is 0 Å². The van der Waals surface area contributed by atoms with Gasteiger partial charge in [-0.3, -0.25) is 9.59 Å². The molecule has 0 fully saturated rings. The van der Waals surface area contributed by atoms with Crippen molar-refractivity contribution in [2.45, 2.75) is 39.7 Å². The van der Waals surface area contributed by atoms with Gasteiger partial charge in [0.1, 0.15) is 0 Å². The Kier molecular flexibility index (Phi) is 13.5. The predicted octanol–water partition coefficient (Wildman–Crippen LogP) is 0.00340. The first-order valence-electron chi connectivity index (χ1n) is 5.29. The van der Waals surface area contributed by atoms with Gasteiger partial charge in [0.15, 0.2) is 5.60 Å². The molecule has 0 aromatic carbocycles. The number of carbonyl (C=O) groups is 3. The maximum Gasteiger partial charge on any atom is 0.336 e. The van der Waals surface area contributed by atoms with E-state index in [4.69, 9.17) is 20.4 Å². The minimum atomic E-state index is -2.74. The molecule has 5 N–H and O–H groups in total. The molecule has 0 amide bonds. The summed E-state index contributed by atoms with van der Waals surface area (Å²) in [5.74, 6) is -5.02. The van der Waals surface area contributed by atoms with Crippen LogP contribution in [-0.4, -0.2) is 57.0 Å². The van der Waals surface area contributed by atoms with Crippen LogP contribution in [0.3, 0.4) is 0 Å². The number of hydrogen-bond acceptors (Lipinski definition) is 5. The normalized spacial score (nSPS) is 9.63. The topological polar surface area (TPSA) is 144 Å². The van der Waals surface area contributed by atoms with Crippen LogP contribution in [0.15, 0.2) is 0 Å². The SMILES string of the molecule is C.CCNCC.O=C(O)CC(O)(CC(=O)O)C(=O)O. The van der Waals surface area contributed by atoms with Crippen molar-refractivity contribution in [2.75, 3.05) is 13.1 Å². The Morgan fingerprint density at radius 1 is 0.947 bits per heavy atom. The van der Waals surface area contributed by atoms with Gasteiger partial charge in [0, 0.05) is 0 Å². The first kappa shape index (κ1) is 22.5. The Morgan fingerprint density at radius 3 is 1.37 bits per heavy atom. The average molecular weight is 281 g/mol. The molecule has 0 unspecified atom stereocenters. The summed E-state index contributed by atoms with van der Waals surface area (Å²) >= 11 is 0. The molecule has 0 atom stereocenters. The Morgan fingerprint density at radius 2 is 1.26 bits per heavy atom. The van der Waals surface area contributed by atoms with Gasteiger partial charge in [-0.05, 0) is 13.1 Å². The van der Waals surface area contributed by atoms with Crippen molar-refractivity contribution in [3.05, 3.63) is 0 Å². The molecule has 8 heteroatoms. The first-order chi connectivity index (χ1) is 8.19. The van der Waals surface area contributed by atoms with E-state index in [1.54, 1.807) is 0 Å². The second-order valence-corrected chi connectivity index (χ2v) is 3.43. The zero-order valence-corrected chi connectivity index (χ0v) is 10.3. The number of carboxylic acid groups (broad SMARTS) is 3. The lowest BCUT2D eigenvalue weighted by atomic mass is 9.96. The van der Waals surface area contributed by atoms with Gasteiger partial charge in [0.05, 0.1) is 12.8 Å². The molecule has 114 valence electrons. The van der Waals surface area contributed by atoms with Crippen LogP contribution in [0.4, 0.5) is 0 Å². The van der Waals surface area contributed by atoms with Gasteiger partial charge >= 0.3 is 17.9 Å². The molecule has 19 heavy (non-hydrogen) atoms. The molecule has 0 aliphatic carbocycles. The number of aliphatic carboxylic acids is 3. The fourth-order valence-corrected chi connectivity index (χ4v) is 0.964. The Hall–Kier alpha value is -1.67. The van der Waals surface area contributed by atoms with E-state index in [0.717, 1.165) is 13.1 Å². The molecule has 0 aliphatic heterocycles. The summed E-state index contributed by atoms with van der Waals surface area (Å²) in [7, 11) is 0. The minimum absolute atomic E-state index is 0. The Bertz CT molecular complexity index is 273. The summed E-state index contributed by atoms with van der Waals surface area (Å²) in [6, 6.07) is 0. The van der Waals surface area contributed by atoms with Crippen LogP contribution in [0.1, 0.15) is 34.1 Å². The summed E-state index contributed by atoms with van der Waals surface area (Å²) in [5.41, 5.74) is -2.74. The lowest BCUT2D eigenvalue weighted by molar-refractivity contribution is -0.170. The van der Waals surface area contributed by atoms with Gasteiger partial charge in [-0.25, -0.2) is 4.79 Å². The highest BCUT2D eigenvalue weighted by atomic mass is 16.4. The third-order valence-electron chi connectivity index (χ3n) is 1.79. The number of aliphatic hydroxyl groups is 1. The van der Waals surface area contributed by atoms with Gasteiger partial charge in [-0.2, -0.15) is 0 Å². The van der Waals surface area contributed by atoms with E-state index in [0.29, 0.717) is 0 Å². The second kappa shape index (κ2) is 11.4. The maximum atomic E-state index is 10.3. The zero-order valence-electron chi connectivity index (χ0n) is 10.3. The van der Waals surface area contributed by atoms with Crippen molar-refractivity contribution in [1.29, 1.82) is 0 Å². The summed E-state index contributed by atoms with van der Waals surface area (Å²) in [5, 5.41) is 36.9. The first-order valence-corrected chi connectivity index (χ1v) is 5.29. The summed E-state index contributed by atoms with van der Waals surface area (Å²) in [4.78, 5) is 30.5. The smallest absolute Gasteiger partial charge is 0.336 e. The highest BCUT2D eigenvalue weighted by molar-refractivity contribution is 5.88. The molecule has 0 rings (SSSR count). The van der Waals surface area contributed by atoms with Gasteiger partial charge in [0.2, 0.25) is 0 Å². The predicted molar refractivity (Wildman–Crippen MR) is 68.0 cm³/mol. The Labute approximate surface area is 112 Å². The Balaban J connectivity index is -0.000000366. The summed E-state index contributed by atoms with van der Waals surface area (Å²) in [6.07, 6.45) is -2.29. The van der Waals surface area contributed by atoms with Crippen LogP contribution in [0.5, 0.6) is 0 Å². The lowest BCUT2D eigenvalue weighted by Gasteiger charge is -2.18. The van der Waals surface area contributed by atoms with Gasteiger partial charge in [0.25, 0.3) is 0 Å². The number of hydrogen-bond donors (Lipinski definition) is 5. The second-order valence-electron chi connectivity index (χ2n) is 3.43. The highest BCUT2D eigenvalue weighted by Crippen LogP contribution is 2.15. The molecule has 0 aliphatic rings. The monoisotopic (exact) mass is 281 g/mol. The molecule has 0 radical (unpaired) electrons.